The molecule has 0 heterocycles. The molecule has 0 aliphatic heterocycles. The fourth-order valence-corrected chi connectivity index (χ4v) is 3.27. The average Bonchev–Trinajstić information content (AvgIpc) is 2.38. The first kappa shape index (κ1) is 19.0. The van der Waals surface area contributed by atoms with Crippen LogP contribution in [0.2, 0.25) is 0 Å². The molecule has 0 amide bonds. The van der Waals surface area contributed by atoms with Crippen molar-refractivity contribution >= 4 is 0 Å². The van der Waals surface area contributed by atoms with Crippen LogP contribution in [-0.4, -0.2) is 0 Å². The Morgan fingerprint density at radius 2 is 1.11 bits per heavy atom. The van der Waals surface area contributed by atoms with Crippen LogP contribution < -0.4 is 0 Å². The second kappa shape index (κ2) is 13.0. The van der Waals surface area contributed by atoms with Crippen molar-refractivity contribution < 1.29 is 0 Å². The van der Waals surface area contributed by atoms with Gasteiger partial charge in [-0.15, -0.1) is 0 Å². The zero-order chi connectivity index (χ0) is 14.5. The van der Waals surface area contributed by atoms with Crippen molar-refractivity contribution in [2.45, 2.75) is 105 Å². The van der Waals surface area contributed by atoms with Gasteiger partial charge in [0, 0.05) is 0 Å². The van der Waals surface area contributed by atoms with Gasteiger partial charge in [0.2, 0.25) is 0 Å². The molecular formula is C19H40. The highest BCUT2D eigenvalue weighted by atomic mass is 14.2. The molecule has 0 aromatic heterocycles. The first-order valence-corrected chi connectivity index (χ1v) is 9.13. The summed E-state index contributed by atoms with van der Waals surface area (Å²) in [5.74, 6) is 2.90. The Kier molecular flexibility index (Phi) is 13.0. The van der Waals surface area contributed by atoms with Gasteiger partial charge in [0.1, 0.15) is 0 Å². The van der Waals surface area contributed by atoms with E-state index in [4.69, 9.17) is 0 Å². The summed E-state index contributed by atoms with van der Waals surface area (Å²) in [4.78, 5) is 0. The molecule has 3 unspecified atom stereocenters. The first-order valence-electron chi connectivity index (χ1n) is 9.13. The van der Waals surface area contributed by atoms with Gasteiger partial charge >= 0.3 is 0 Å². The molecule has 0 bridgehead atoms. The zero-order valence-electron chi connectivity index (χ0n) is 14.5. The fraction of sp³-hybridized carbons (Fsp3) is 1.00. The van der Waals surface area contributed by atoms with Gasteiger partial charge in [-0.05, 0) is 17.8 Å². The van der Waals surface area contributed by atoms with Crippen LogP contribution in [0.25, 0.3) is 0 Å². The van der Waals surface area contributed by atoms with E-state index in [-0.39, 0.29) is 0 Å². The summed E-state index contributed by atoms with van der Waals surface area (Å²) in [7, 11) is 0. The van der Waals surface area contributed by atoms with E-state index in [1.165, 1.54) is 70.6 Å². The third-order valence-electron chi connectivity index (χ3n) is 4.77. The maximum Gasteiger partial charge on any atom is -0.0417 e. The third kappa shape index (κ3) is 11.5. The fourth-order valence-electron chi connectivity index (χ4n) is 3.27. The molecule has 3 atom stereocenters. The lowest BCUT2D eigenvalue weighted by atomic mass is 9.88. The van der Waals surface area contributed by atoms with E-state index in [2.05, 4.69) is 34.6 Å². The average molecular weight is 269 g/mol. The van der Waals surface area contributed by atoms with Gasteiger partial charge in [0.15, 0.2) is 0 Å². The van der Waals surface area contributed by atoms with Crippen LogP contribution in [0.4, 0.5) is 0 Å². The van der Waals surface area contributed by atoms with E-state index < -0.39 is 0 Å². The van der Waals surface area contributed by atoms with Crippen molar-refractivity contribution in [1.82, 2.24) is 0 Å². The van der Waals surface area contributed by atoms with Crippen LogP contribution in [0.15, 0.2) is 0 Å². The minimum Gasteiger partial charge on any atom is -0.0654 e. The number of rotatable bonds is 13. The summed E-state index contributed by atoms with van der Waals surface area (Å²) >= 11 is 0. The molecule has 0 aliphatic carbocycles. The van der Waals surface area contributed by atoms with Gasteiger partial charge in [0.25, 0.3) is 0 Å². The molecule has 0 N–H and O–H groups in total. The monoisotopic (exact) mass is 268 g/mol. The lowest BCUT2D eigenvalue weighted by Gasteiger charge is -2.18. The summed E-state index contributed by atoms with van der Waals surface area (Å²) in [5, 5.41) is 0. The molecule has 116 valence electrons. The minimum atomic E-state index is 0.948. The van der Waals surface area contributed by atoms with E-state index in [9.17, 15) is 0 Å². The number of unbranched alkanes of at least 4 members (excludes halogenated alkanes) is 1. The summed E-state index contributed by atoms with van der Waals surface area (Å²) in [6.07, 6.45) is 15.7. The molecule has 0 aromatic rings. The highest BCUT2D eigenvalue weighted by molar-refractivity contribution is 4.62. The Balaban J connectivity index is 3.59. The lowest BCUT2D eigenvalue weighted by molar-refractivity contribution is 0.351. The maximum absolute atomic E-state index is 2.43. The topological polar surface area (TPSA) is 0 Å². The first-order chi connectivity index (χ1) is 9.13. The second-order valence-electron chi connectivity index (χ2n) is 6.92. The molecule has 0 nitrogen and oxygen atoms in total. The lowest BCUT2D eigenvalue weighted by Crippen LogP contribution is -2.03. The quantitative estimate of drug-likeness (QED) is 0.309. The van der Waals surface area contributed by atoms with Crippen LogP contribution in [-0.2, 0) is 0 Å². The predicted octanol–water partition coefficient (Wildman–Crippen LogP) is 7.23. The summed E-state index contributed by atoms with van der Waals surface area (Å²) in [6, 6.07) is 0. The van der Waals surface area contributed by atoms with Crippen molar-refractivity contribution in [1.29, 1.82) is 0 Å². The van der Waals surface area contributed by atoms with Gasteiger partial charge in [0.05, 0.1) is 0 Å². The number of hydrogen-bond donors (Lipinski definition) is 0. The molecule has 19 heavy (non-hydrogen) atoms. The van der Waals surface area contributed by atoms with Crippen LogP contribution >= 0.6 is 0 Å². The molecule has 0 saturated carbocycles. The molecule has 0 aliphatic rings. The Labute approximate surface area is 123 Å². The van der Waals surface area contributed by atoms with Gasteiger partial charge in [-0.3, -0.25) is 0 Å². The van der Waals surface area contributed by atoms with Crippen LogP contribution in [0.5, 0.6) is 0 Å². The smallest absolute Gasteiger partial charge is 0.0417 e. The summed E-state index contributed by atoms with van der Waals surface area (Å²) in [6.45, 7) is 11.9. The predicted molar refractivity (Wildman–Crippen MR) is 89.6 cm³/mol. The van der Waals surface area contributed by atoms with Gasteiger partial charge in [-0.25, -0.2) is 0 Å². The van der Waals surface area contributed by atoms with Crippen LogP contribution in [0, 0.1) is 17.8 Å². The molecule has 0 heteroatoms. The molecule has 0 fully saturated rings. The number of hydrogen-bond acceptors (Lipinski definition) is 0. The highest BCUT2D eigenvalue weighted by Crippen LogP contribution is 2.24. The molecule has 0 saturated heterocycles. The van der Waals surface area contributed by atoms with Gasteiger partial charge < -0.3 is 0 Å². The Bertz CT molecular complexity index is 173. The SMILES string of the molecule is CCCC(C)CCCCC(CC)CCC(C)CCC. The summed E-state index contributed by atoms with van der Waals surface area (Å²) in [5.41, 5.74) is 0. The van der Waals surface area contributed by atoms with E-state index in [1.54, 1.807) is 0 Å². The third-order valence-corrected chi connectivity index (χ3v) is 4.77. The summed E-state index contributed by atoms with van der Waals surface area (Å²) < 4.78 is 0. The molecule has 0 radical (unpaired) electrons. The van der Waals surface area contributed by atoms with E-state index in [0.717, 1.165) is 17.8 Å². The van der Waals surface area contributed by atoms with Gasteiger partial charge in [-0.2, -0.15) is 0 Å². The van der Waals surface area contributed by atoms with Gasteiger partial charge in [-0.1, -0.05) is 105 Å². The van der Waals surface area contributed by atoms with Crippen LogP contribution in [0.3, 0.4) is 0 Å². The maximum atomic E-state index is 2.43. The Morgan fingerprint density at radius 3 is 1.63 bits per heavy atom. The molecular weight excluding hydrogens is 228 g/mol. The largest absolute Gasteiger partial charge is 0.0654 e. The van der Waals surface area contributed by atoms with Crippen molar-refractivity contribution in [2.24, 2.45) is 17.8 Å². The standard InChI is InChI=1S/C19H40/c1-6-11-17(4)13-9-10-14-19(8-3)16-15-18(5)12-7-2/h17-19H,6-16H2,1-5H3. The van der Waals surface area contributed by atoms with Crippen molar-refractivity contribution in [3.05, 3.63) is 0 Å². The molecule has 0 aromatic carbocycles. The van der Waals surface area contributed by atoms with Crippen molar-refractivity contribution in [3.8, 4) is 0 Å². The van der Waals surface area contributed by atoms with E-state index >= 15 is 0 Å². The minimum absolute atomic E-state index is 0.948. The van der Waals surface area contributed by atoms with E-state index in [1.807, 2.05) is 0 Å². The molecule has 0 spiro atoms. The normalized spacial score (nSPS) is 16.3. The van der Waals surface area contributed by atoms with Crippen molar-refractivity contribution in [2.75, 3.05) is 0 Å². The van der Waals surface area contributed by atoms with Crippen molar-refractivity contribution in [3.63, 3.8) is 0 Å². The van der Waals surface area contributed by atoms with E-state index in [0.29, 0.717) is 0 Å². The van der Waals surface area contributed by atoms with Crippen LogP contribution in [0.1, 0.15) is 105 Å². The zero-order valence-corrected chi connectivity index (χ0v) is 14.5. The Morgan fingerprint density at radius 1 is 0.579 bits per heavy atom. The second-order valence-corrected chi connectivity index (χ2v) is 6.92. The molecule has 0 rings (SSSR count). The Hall–Kier alpha value is 0. The highest BCUT2D eigenvalue weighted by Gasteiger charge is 2.09.